The molecule has 1 heterocycles. The number of benzene rings is 2. The molecule has 0 aliphatic heterocycles. The number of likely N-dealkylation sites (N-methyl/N-ethyl adjacent to an activating group) is 1. The fourth-order valence-corrected chi connectivity index (χ4v) is 4.78. The molecule has 1 saturated carbocycles. The van der Waals surface area contributed by atoms with Crippen LogP contribution in [0.3, 0.4) is 0 Å². The maximum atomic E-state index is 12.2. The molecule has 2 aromatic carbocycles. The lowest BCUT2D eigenvalue weighted by Crippen LogP contribution is -2.40. The molecule has 4 rings (SSSR count). The van der Waals surface area contributed by atoms with E-state index in [1.165, 1.54) is 44.1 Å². The van der Waals surface area contributed by atoms with Crippen molar-refractivity contribution in [2.45, 2.75) is 90.5 Å². The molecule has 0 spiro atoms. The van der Waals surface area contributed by atoms with E-state index < -0.39 is 21.8 Å². The second kappa shape index (κ2) is 18.2. The molecule has 256 valence electrons. The highest BCUT2D eigenvalue weighted by Crippen LogP contribution is 2.23. The predicted octanol–water partition coefficient (Wildman–Crippen LogP) is 6.44. The van der Waals surface area contributed by atoms with Crippen LogP contribution in [0, 0.1) is 0 Å². The van der Waals surface area contributed by atoms with Crippen molar-refractivity contribution in [1.29, 1.82) is 0 Å². The number of aromatic nitrogens is 1. The van der Waals surface area contributed by atoms with Crippen LogP contribution in [0.1, 0.15) is 93.7 Å². The Hall–Kier alpha value is -3.25. The average Bonchev–Trinajstić information content (AvgIpc) is 3.44. The fraction of sp³-hybridized carbons (Fsp3) is 0.543. The molecule has 46 heavy (non-hydrogen) atoms. The second-order valence-electron chi connectivity index (χ2n) is 13.5. The molecule has 10 nitrogen and oxygen atoms in total. The Labute approximate surface area is 275 Å². The summed E-state index contributed by atoms with van der Waals surface area (Å²) >= 11 is 0. The Morgan fingerprint density at radius 1 is 1.00 bits per heavy atom. The molecule has 1 aliphatic carbocycles. The number of quaternary nitrogens is 1. The Kier molecular flexibility index (Phi) is 15.4. The number of hydrogen-bond acceptors (Lipinski definition) is 8. The molecule has 0 unspecified atom stereocenters. The van der Waals surface area contributed by atoms with Crippen LogP contribution in [-0.4, -0.2) is 78.1 Å². The van der Waals surface area contributed by atoms with Crippen LogP contribution in [0.25, 0.3) is 0 Å². The number of nitrogens with zero attached hydrogens (tertiary/aromatic N) is 3. The van der Waals surface area contributed by atoms with Gasteiger partial charge in [-0.1, -0.05) is 93.1 Å². The fourth-order valence-electron chi connectivity index (χ4n) is 4.78. The highest BCUT2D eigenvalue weighted by atomic mass is 32.2. The van der Waals surface area contributed by atoms with Crippen molar-refractivity contribution in [3.05, 3.63) is 89.1 Å². The summed E-state index contributed by atoms with van der Waals surface area (Å²) in [5, 5.41) is 10.5. The first-order valence-electron chi connectivity index (χ1n) is 15.8. The summed E-state index contributed by atoms with van der Waals surface area (Å²) in [5.74, 6) is 1.07. The molecule has 0 radical (unpaired) electrons. The number of amides is 1. The van der Waals surface area contributed by atoms with Gasteiger partial charge in [0, 0.05) is 26.3 Å². The highest BCUT2D eigenvalue weighted by Gasteiger charge is 2.22. The smallest absolute Gasteiger partial charge is 0.410 e. The molecule has 0 bridgehead atoms. The summed E-state index contributed by atoms with van der Waals surface area (Å²) in [5.41, 5.74) is 2.55. The largest absolute Gasteiger partial charge is 0.748 e. The summed E-state index contributed by atoms with van der Waals surface area (Å²) in [7, 11) is 2.13. The quantitative estimate of drug-likeness (QED) is 0.205. The standard InChI is InChI=1S/C28H38N3O4.C6H12.CH4O3S/c1-28(2,3)35-27(33)30(4)19-22-14-12-21(13-15-22)16-17-31(5,6)20-24-18-29-26(34-24)25(32)23-10-8-7-9-11-23;1-2-4-6-5-3-1;1-5(2,3)4/h7-15,18,25,32H,16-17,19-20H2,1-6H3;1-6H2;1H3,(H,2,3,4)/q+1;;/p-1/t25-;;/m1../s1. The summed E-state index contributed by atoms with van der Waals surface area (Å²) in [6, 6.07) is 17.7. The van der Waals surface area contributed by atoms with Crippen molar-refractivity contribution in [3.8, 4) is 0 Å². The van der Waals surface area contributed by atoms with Crippen LogP contribution in [0.15, 0.2) is 65.2 Å². The van der Waals surface area contributed by atoms with Gasteiger partial charge in [0.05, 0.1) is 37.0 Å². The van der Waals surface area contributed by atoms with Crippen molar-refractivity contribution >= 4 is 16.2 Å². The maximum Gasteiger partial charge on any atom is 0.410 e. The van der Waals surface area contributed by atoms with E-state index in [0.29, 0.717) is 25.2 Å². The minimum atomic E-state index is -3.92. The van der Waals surface area contributed by atoms with E-state index in [1.54, 1.807) is 18.1 Å². The number of ether oxygens (including phenoxy) is 1. The molecular formula is C35H53N3O7S. The van der Waals surface area contributed by atoms with Gasteiger partial charge in [0.1, 0.15) is 12.1 Å². The van der Waals surface area contributed by atoms with Crippen molar-refractivity contribution in [2.24, 2.45) is 0 Å². The van der Waals surface area contributed by atoms with E-state index in [-0.39, 0.29) is 6.09 Å². The van der Waals surface area contributed by atoms with Gasteiger partial charge in [-0.3, -0.25) is 0 Å². The number of aliphatic hydroxyl groups is 1. The number of hydrogen-bond donors (Lipinski definition) is 1. The summed E-state index contributed by atoms with van der Waals surface area (Å²) < 4.78 is 39.2. The first-order chi connectivity index (χ1) is 21.4. The number of rotatable bonds is 9. The molecule has 1 fully saturated rings. The third-order valence-electron chi connectivity index (χ3n) is 7.16. The van der Waals surface area contributed by atoms with E-state index in [9.17, 15) is 9.90 Å². The van der Waals surface area contributed by atoms with Crippen LogP contribution in [0.4, 0.5) is 4.79 Å². The van der Waals surface area contributed by atoms with Gasteiger partial charge >= 0.3 is 6.09 Å². The first kappa shape index (κ1) is 38.9. The third kappa shape index (κ3) is 16.9. The minimum absolute atomic E-state index is 0.318. The Morgan fingerprint density at radius 3 is 2.00 bits per heavy atom. The van der Waals surface area contributed by atoms with Crippen LogP contribution in [0.2, 0.25) is 0 Å². The van der Waals surface area contributed by atoms with Gasteiger partial charge in [-0.2, -0.15) is 0 Å². The van der Waals surface area contributed by atoms with Crippen molar-refractivity contribution in [2.75, 3.05) is 33.9 Å². The van der Waals surface area contributed by atoms with Crippen molar-refractivity contribution in [3.63, 3.8) is 0 Å². The predicted molar refractivity (Wildman–Crippen MR) is 179 cm³/mol. The van der Waals surface area contributed by atoms with E-state index in [4.69, 9.17) is 22.1 Å². The summed E-state index contributed by atoms with van der Waals surface area (Å²) in [4.78, 5) is 18.1. The molecule has 1 atom stereocenters. The second-order valence-corrected chi connectivity index (χ2v) is 14.9. The van der Waals surface area contributed by atoms with Gasteiger partial charge in [-0.05, 0) is 37.5 Å². The van der Waals surface area contributed by atoms with Gasteiger partial charge in [-0.15, -0.1) is 0 Å². The third-order valence-corrected chi connectivity index (χ3v) is 7.16. The van der Waals surface area contributed by atoms with Gasteiger partial charge in [0.15, 0.2) is 11.9 Å². The molecule has 1 N–H and O–H groups in total. The van der Waals surface area contributed by atoms with E-state index in [0.717, 1.165) is 34.3 Å². The van der Waals surface area contributed by atoms with Gasteiger partial charge in [-0.25, -0.2) is 18.2 Å². The maximum absolute atomic E-state index is 12.2. The van der Waals surface area contributed by atoms with E-state index in [1.807, 2.05) is 51.1 Å². The molecule has 11 heteroatoms. The topological polar surface area (TPSA) is 133 Å². The zero-order valence-electron chi connectivity index (χ0n) is 28.6. The van der Waals surface area contributed by atoms with Gasteiger partial charge in [0.25, 0.3) is 0 Å². The SMILES string of the molecule is C1CCCCC1.CN(Cc1ccc(CC[N+](C)(C)Cc2cnc([C@H](O)c3ccccc3)o2)cc1)C(=O)OC(C)(C)C.CS(=O)(=O)[O-]. The number of carbonyl (C=O) groups is 1. The minimum Gasteiger partial charge on any atom is -0.748 e. The van der Waals surface area contributed by atoms with Gasteiger partial charge in [0.2, 0.25) is 5.89 Å². The molecule has 1 amide bonds. The number of oxazole rings is 1. The average molecular weight is 660 g/mol. The van der Waals surface area contributed by atoms with Crippen LogP contribution >= 0.6 is 0 Å². The molecule has 1 aromatic heterocycles. The van der Waals surface area contributed by atoms with Crippen molar-refractivity contribution < 1.29 is 36.5 Å². The Bertz CT molecular complexity index is 1390. The molecule has 3 aromatic rings. The molecule has 0 saturated heterocycles. The Morgan fingerprint density at radius 2 is 1.50 bits per heavy atom. The lowest BCUT2D eigenvalue weighted by Gasteiger charge is -2.28. The zero-order valence-corrected chi connectivity index (χ0v) is 29.4. The molecular weight excluding hydrogens is 606 g/mol. The molecule has 1 aliphatic rings. The van der Waals surface area contributed by atoms with E-state index in [2.05, 4.69) is 43.3 Å². The van der Waals surface area contributed by atoms with E-state index >= 15 is 0 Å². The number of carbonyl (C=O) groups excluding carboxylic acids is 1. The van der Waals surface area contributed by atoms with Crippen molar-refractivity contribution in [1.82, 2.24) is 9.88 Å². The number of aliphatic hydroxyl groups excluding tert-OH is 1. The highest BCUT2D eigenvalue weighted by molar-refractivity contribution is 7.84. The van der Waals surface area contributed by atoms with Crippen LogP contribution in [0.5, 0.6) is 0 Å². The Balaban J connectivity index is 0.000000566. The lowest BCUT2D eigenvalue weighted by atomic mass is 10.0. The first-order valence-corrected chi connectivity index (χ1v) is 17.7. The summed E-state index contributed by atoms with van der Waals surface area (Å²) in [6.07, 6.45) is 11.0. The normalized spacial score (nSPS) is 14.2. The van der Waals surface area contributed by atoms with Gasteiger partial charge < -0.3 is 28.2 Å². The monoisotopic (exact) mass is 659 g/mol. The van der Waals surface area contributed by atoms with Crippen LogP contribution in [-0.2, 0) is 34.4 Å². The summed E-state index contributed by atoms with van der Waals surface area (Å²) in [6.45, 7) is 7.68. The lowest BCUT2D eigenvalue weighted by molar-refractivity contribution is -0.904. The van der Waals surface area contributed by atoms with Crippen LogP contribution < -0.4 is 0 Å². The zero-order chi connectivity index (χ0) is 34.4.